The molecule has 0 bridgehead atoms. The van der Waals surface area contributed by atoms with Crippen molar-refractivity contribution in [2.45, 2.75) is 12.6 Å². The third-order valence-electron chi connectivity index (χ3n) is 2.23. The van der Waals surface area contributed by atoms with E-state index in [9.17, 15) is 0 Å². The van der Waals surface area contributed by atoms with E-state index >= 15 is 0 Å². The lowest BCUT2D eigenvalue weighted by Gasteiger charge is -2.10. The van der Waals surface area contributed by atoms with Gasteiger partial charge in [0, 0.05) is 0 Å². The molecule has 2 rings (SSSR count). The number of hydrogen-bond acceptors (Lipinski definition) is 5. The van der Waals surface area contributed by atoms with E-state index in [1.165, 1.54) is 0 Å². The molecule has 0 saturated carbocycles. The minimum atomic E-state index is -1.12. The molecular weight excluding hydrogens is 212 g/mol. The van der Waals surface area contributed by atoms with Crippen molar-refractivity contribution in [1.82, 2.24) is 0 Å². The van der Waals surface area contributed by atoms with Crippen molar-refractivity contribution in [3.05, 3.63) is 24.3 Å². The lowest BCUT2D eigenvalue weighted by molar-refractivity contribution is -0.205. The molecule has 0 aromatic heterocycles. The molecule has 1 aliphatic heterocycles. The van der Waals surface area contributed by atoms with Crippen LogP contribution in [0.2, 0.25) is 0 Å². The fraction of sp³-hybridized carbons (Fsp3) is 0.455. The third kappa shape index (κ3) is 2.85. The highest BCUT2D eigenvalue weighted by atomic mass is 16.8. The highest BCUT2D eigenvalue weighted by Gasteiger charge is 2.24. The van der Waals surface area contributed by atoms with Gasteiger partial charge in [-0.3, -0.25) is 0 Å². The van der Waals surface area contributed by atoms with Crippen LogP contribution in [0.1, 0.15) is 0 Å². The Morgan fingerprint density at radius 3 is 2.56 bits per heavy atom. The van der Waals surface area contributed by atoms with Gasteiger partial charge in [-0.25, -0.2) is 0 Å². The summed E-state index contributed by atoms with van der Waals surface area (Å²) >= 11 is 0. The molecule has 0 amide bonds. The summed E-state index contributed by atoms with van der Waals surface area (Å²) in [4.78, 5) is 0. The summed E-state index contributed by atoms with van der Waals surface area (Å²) in [6.07, 6.45) is -0.225. The maximum atomic E-state index is 8.95. The van der Waals surface area contributed by atoms with Gasteiger partial charge in [0.15, 0.2) is 0 Å². The number of rotatable bonds is 4. The minimum Gasteiger partial charge on any atom is -0.497 e. The second-order valence-corrected chi connectivity index (χ2v) is 3.39. The third-order valence-corrected chi connectivity index (χ3v) is 2.23. The predicted molar refractivity (Wildman–Crippen MR) is 55.3 cm³/mol. The van der Waals surface area contributed by atoms with Gasteiger partial charge < -0.3 is 24.1 Å². The summed E-state index contributed by atoms with van der Waals surface area (Å²) in [7, 11) is 1.61. The maximum Gasteiger partial charge on any atom is 0.269 e. The SMILES string of the molecule is COc1ccc(OCC2COC(O)O2)cc1. The van der Waals surface area contributed by atoms with Crippen molar-refractivity contribution in [1.29, 1.82) is 0 Å². The van der Waals surface area contributed by atoms with Gasteiger partial charge in [-0.2, -0.15) is 0 Å². The topological polar surface area (TPSA) is 57.2 Å². The normalized spacial score (nSPS) is 24.4. The first-order valence-electron chi connectivity index (χ1n) is 5.00. The molecule has 1 aliphatic rings. The van der Waals surface area contributed by atoms with Gasteiger partial charge in [0.1, 0.15) is 24.2 Å². The Kier molecular flexibility index (Phi) is 3.61. The van der Waals surface area contributed by atoms with Gasteiger partial charge >= 0.3 is 0 Å². The number of methoxy groups -OCH3 is 1. The Morgan fingerprint density at radius 1 is 1.31 bits per heavy atom. The lowest BCUT2D eigenvalue weighted by Crippen LogP contribution is -2.20. The molecule has 1 heterocycles. The summed E-state index contributed by atoms with van der Waals surface area (Å²) in [5.41, 5.74) is 0. The molecule has 1 saturated heterocycles. The van der Waals surface area contributed by atoms with Gasteiger partial charge in [0.05, 0.1) is 13.7 Å². The van der Waals surface area contributed by atoms with E-state index in [4.69, 9.17) is 24.1 Å². The largest absolute Gasteiger partial charge is 0.497 e. The fourth-order valence-corrected chi connectivity index (χ4v) is 1.38. The van der Waals surface area contributed by atoms with Crippen LogP contribution in [-0.4, -0.2) is 38.0 Å². The molecular formula is C11H14O5. The van der Waals surface area contributed by atoms with Crippen LogP contribution in [0.25, 0.3) is 0 Å². The molecule has 1 aromatic rings. The summed E-state index contributed by atoms with van der Waals surface area (Å²) in [5.74, 6) is 1.51. The van der Waals surface area contributed by atoms with Crippen molar-refractivity contribution in [3.8, 4) is 11.5 Å². The van der Waals surface area contributed by atoms with Gasteiger partial charge in [-0.1, -0.05) is 0 Å². The Balaban J connectivity index is 1.80. The van der Waals surface area contributed by atoms with E-state index in [1.54, 1.807) is 7.11 Å². The van der Waals surface area contributed by atoms with Gasteiger partial charge in [-0.15, -0.1) is 0 Å². The van der Waals surface area contributed by atoms with Crippen LogP contribution in [0, 0.1) is 0 Å². The van der Waals surface area contributed by atoms with Gasteiger partial charge in [0.2, 0.25) is 0 Å². The molecule has 16 heavy (non-hydrogen) atoms. The molecule has 2 unspecified atom stereocenters. The Morgan fingerprint density at radius 2 is 2.00 bits per heavy atom. The lowest BCUT2D eigenvalue weighted by atomic mass is 10.3. The van der Waals surface area contributed by atoms with Crippen LogP contribution in [0.4, 0.5) is 0 Å². The molecule has 0 spiro atoms. The Bertz CT molecular complexity index is 324. The second kappa shape index (κ2) is 5.16. The van der Waals surface area contributed by atoms with E-state index in [0.717, 1.165) is 11.5 Å². The summed E-state index contributed by atoms with van der Waals surface area (Å²) in [5, 5.41) is 8.95. The molecule has 0 aliphatic carbocycles. The van der Waals surface area contributed by atoms with E-state index in [2.05, 4.69) is 0 Å². The van der Waals surface area contributed by atoms with Crippen LogP contribution in [0.15, 0.2) is 24.3 Å². The van der Waals surface area contributed by atoms with E-state index in [0.29, 0.717) is 13.2 Å². The van der Waals surface area contributed by atoms with Crippen LogP contribution in [0.5, 0.6) is 11.5 Å². The average molecular weight is 226 g/mol. The Labute approximate surface area is 93.5 Å². The molecule has 5 heteroatoms. The highest BCUT2D eigenvalue weighted by molar-refractivity contribution is 5.31. The first-order valence-corrected chi connectivity index (χ1v) is 5.00. The highest BCUT2D eigenvalue weighted by Crippen LogP contribution is 2.18. The van der Waals surface area contributed by atoms with Crippen molar-refractivity contribution < 1.29 is 24.1 Å². The van der Waals surface area contributed by atoms with Gasteiger partial charge in [0.25, 0.3) is 6.48 Å². The molecule has 88 valence electrons. The molecule has 1 fully saturated rings. The zero-order valence-corrected chi connectivity index (χ0v) is 8.96. The van der Waals surface area contributed by atoms with E-state index in [-0.39, 0.29) is 6.10 Å². The van der Waals surface area contributed by atoms with Crippen molar-refractivity contribution in [2.75, 3.05) is 20.3 Å². The van der Waals surface area contributed by atoms with E-state index < -0.39 is 6.48 Å². The Hall–Kier alpha value is -1.30. The van der Waals surface area contributed by atoms with Gasteiger partial charge in [-0.05, 0) is 24.3 Å². The summed E-state index contributed by atoms with van der Waals surface area (Å²) < 4.78 is 20.3. The smallest absolute Gasteiger partial charge is 0.269 e. The van der Waals surface area contributed by atoms with Crippen LogP contribution in [-0.2, 0) is 9.47 Å². The first-order chi connectivity index (χ1) is 7.78. The number of ether oxygens (including phenoxy) is 4. The summed E-state index contributed by atoms with van der Waals surface area (Å²) in [6, 6.07) is 7.25. The molecule has 5 nitrogen and oxygen atoms in total. The second-order valence-electron chi connectivity index (χ2n) is 3.39. The van der Waals surface area contributed by atoms with Crippen molar-refractivity contribution in [2.24, 2.45) is 0 Å². The molecule has 1 aromatic carbocycles. The molecule has 2 atom stereocenters. The van der Waals surface area contributed by atoms with Crippen LogP contribution < -0.4 is 9.47 Å². The molecule has 0 radical (unpaired) electrons. The van der Waals surface area contributed by atoms with Crippen LogP contribution in [0.3, 0.4) is 0 Å². The van der Waals surface area contributed by atoms with Crippen molar-refractivity contribution in [3.63, 3.8) is 0 Å². The fourth-order valence-electron chi connectivity index (χ4n) is 1.38. The number of benzene rings is 1. The minimum absolute atomic E-state index is 0.225. The number of hydrogen-bond donors (Lipinski definition) is 1. The standard InChI is InChI=1S/C11H14O5/c1-13-8-2-4-9(5-3-8)14-6-10-7-15-11(12)16-10/h2-5,10-12H,6-7H2,1H3. The maximum absolute atomic E-state index is 8.95. The number of aliphatic hydroxyl groups is 1. The predicted octanol–water partition coefficient (Wildman–Crippen LogP) is 0.765. The molecule has 1 N–H and O–H groups in total. The average Bonchev–Trinajstić information content (AvgIpc) is 2.73. The van der Waals surface area contributed by atoms with E-state index in [1.807, 2.05) is 24.3 Å². The monoisotopic (exact) mass is 226 g/mol. The zero-order valence-electron chi connectivity index (χ0n) is 8.96. The quantitative estimate of drug-likeness (QED) is 0.821. The summed E-state index contributed by atoms with van der Waals surface area (Å²) in [6.45, 7) is -0.426. The van der Waals surface area contributed by atoms with Crippen molar-refractivity contribution >= 4 is 0 Å². The first kappa shape index (κ1) is 11.2. The number of aliphatic hydroxyl groups excluding tert-OH is 1. The zero-order chi connectivity index (χ0) is 11.4. The van der Waals surface area contributed by atoms with Crippen LogP contribution >= 0.6 is 0 Å².